The number of benzene rings is 2. The van der Waals surface area contributed by atoms with Gasteiger partial charge < -0.3 is 30.1 Å². The van der Waals surface area contributed by atoms with Crippen LogP contribution in [0.3, 0.4) is 0 Å². The molecule has 1 amide bonds. The second-order valence-corrected chi connectivity index (χ2v) is 10.2. The van der Waals surface area contributed by atoms with Gasteiger partial charge in [0.25, 0.3) is 0 Å². The number of aliphatic carboxylic acids is 1. The molecule has 2 aromatic carbocycles. The zero-order valence-corrected chi connectivity index (χ0v) is 21.8. The Hall–Kier alpha value is -2.82. The number of carbonyl (C=O) groups excluding carboxylic acids is 1. The maximum atomic E-state index is 12.1. The SMILES string of the molecule is CC1C(CN2CCCC2CO)OC(c2ccc(NC(=O)CCCC(=O)O)cc2)OC1c1ccc(CO)cc1. The van der Waals surface area contributed by atoms with E-state index in [2.05, 4.69) is 17.1 Å². The van der Waals surface area contributed by atoms with Crippen molar-refractivity contribution in [3.63, 3.8) is 0 Å². The van der Waals surface area contributed by atoms with Crippen molar-refractivity contribution in [3.05, 3.63) is 65.2 Å². The Labute approximate surface area is 223 Å². The van der Waals surface area contributed by atoms with Crippen molar-refractivity contribution in [2.45, 2.75) is 70.2 Å². The fourth-order valence-corrected chi connectivity index (χ4v) is 5.25. The summed E-state index contributed by atoms with van der Waals surface area (Å²) in [5, 5.41) is 30.8. The van der Waals surface area contributed by atoms with Crippen molar-refractivity contribution in [1.29, 1.82) is 0 Å². The number of carbonyl (C=O) groups is 2. The van der Waals surface area contributed by atoms with Crippen LogP contribution in [0.1, 0.15) is 68.1 Å². The first-order chi connectivity index (χ1) is 18.4. The molecule has 0 aliphatic carbocycles. The van der Waals surface area contributed by atoms with Gasteiger partial charge in [-0.2, -0.15) is 0 Å². The zero-order valence-electron chi connectivity index (χ0n) is 21.8. The Morgan fingerprint density at radius 2 is 1.71 bits per heavy atom. The molecule has 206 valence electrons. The number of aliphatic hydroxyl groups is 2. The number of aliphatic hydroxyl groups excluding tert-OH is 2. The Morgan fingerprint density at radius 3 is 2.37 bits per heavy atom. The van der Waals surface area contributed by atoms with E-state index < -0.39 is 12.3 Å². The molecule has 9 nitrogen and oxygen atoms in total. The van der Waals surface area contributed by atoms with Crippen LogP contribution in [0.4, 0.5) is 5.69 Å². The second kappa shape index (κ2) is 13.3. The summed E-state index contributed by atoms with van der Waals surface area (Å²) in [5.41, 5.74) is 3.29. The van der Waals surface area contributed by atoms with Crippen LogP contribution in [0.5, 0.6) is 0 Å². The van der Waals surface area contributed by atoms with Gasteiger partial charge in [-0.15, -0.1) is 0 Å². The summed E-state index contributed by atoms with van der Waals surface area (Å²) in [4.78, 5) is 25.1. The first-order valence-corrected chi connectivity index (χ1v) is 13.3. The fraction of sp³-hybridized carbons (Fsp3) is 0.517. The highest BCUT2D eigenvalue weighted by molar-refractivity contribution is 5.90. The Balaban J connectivity index is 1.49. The molecule has 0 bridgehead atoms. The van der Waals surface area contributed by atoms with Gasteiger partial charge in [0.1, 0.15) is 0 Å². The quantitative estimate of drug-likeness (QED) is 0.350. The van der Waals surface area contributed by atoms with Crippen LogP contribution >= 0.6 is 0 Å². The third-order valence-electron chi connectivity index (χ3n) is 7.51. The normalized spacial score (nSPS) is 25.8. The maximum absolute atomic E-state index is 12.1. The highest BCUT2D eigenvalue weighted by atomic mass is 16.7. The van der Waals surface area contributed by atoms with Crippen LogP contribution in [-0.4, -0.2) is 63.9 Å². The lowest BCUT2D eigenvalue weighted by molar-refractivity contribution is -0.276. The number of hydrogen-bond acceptors (Lipinski definition) is 7. The molecule has 2 heterocycles. The van der Waals surface area contributed by atoms with E-state index in [0.29, 0.717) is 12.2 Å². The highest BCUT2D eigenvalue weighted by Gasteiger charge is 2.40. The standard InChI is InChI=1S/C29H38N2O7/c1-19-25(16-31-15-3-4-24(31)18-33)37-29(38-28(19)21-9-7-20(17-32)8-10-21)22-11-13-23(14-12-22)30-26(34)5-2-6-27(35)36/h7-14,19,24-25,28-29,32-33H,2-6,15-18H2,1H3,(H,30,34)(H,35,36). The first kappa shape index (κ1) is 28.2. The van der Waals surface area contributed by atoms with Gasteiger partial charge in [0.15, 0.2) is 6.29 Å². The number of hydrogen-bond donors (Lipinski definition) is 4. The average Bonchev–Trinajstić information content (AvgIpc) is 3.37. The van der Waals surface area contributed by atoms with Crippen molar-refractivity contribution >= 4 is 17.6 Å². The van der Waals surface area contributed by atoms with Gasteiger partial charge >= 0.3 is 5.97 Å². The van der Waals surface area contributed by atoms with Gasteiger partial charge in [-0.3, -0.25) is 14.5 Å². The minimum Gasteiger partial charge on any atom is -0.481 e. The highest BCUT2D eigenvalue weighted by Crippen LogP contribution is 2.42. The third-order valence-corrected chi connectivity index (χ3v) is 7.51. The maximum Gasteiger partial charge on any atom is 0.303 e. The van der Waals surface area contributed by atoms with Gasteiger partial charge in [-0.25, -0.2) is 0 Å². The van der Waals surface area contributed by atoms with Gasteiger partial charge in [-0.05, 0) is 49.1 Å². The molecule has 4 N–H and O–H groups in total. The van der Waals surface area contributed by atoms with Crippen LogP contribution in [0.25, 0.3) is 0 Å². The first-order valence-electron chi connectivity index (χ1n) is 13.3. The summed E-state index contributed by atoms with van der Waals surface area (Å²) in [6.07, 6.45) is 1.46. The Kier molecular flexibility index (Phi) is 9.87. The fourth-order valence-electron chi connectivity index (χ4n) is 5.25. The van der Waals surface area contributed by atoms with E-state index in [1.54, 1.807) is 12.1 Å². The van der Waals surface area contributed by atoms with Crippen molar-refractivity contribution < 1.29 is 34.4 Å². The molecular weight excluding hydrogens is 488 g/mol. The van der Waals surface area contributed by atoms with Crippen molar-refractivity contribution in [3.8, 4) is 0 Å². The molecule has 0 radical (unpaired) electrons. The van der Waals surface area contributed by atoms with Crippen LogP contribution in [0.2, 0.25) is 0 Å². The van der Waals surface area contributed by atoms with E-state index in [1.165, 1.54) is 0 Å². The van der Waals surface area contributed by atoms with E-state index in [0.717, 1.165) is 36.1 Å². The van der Waals surface area contributed by atoms with E-state index in [-0.39, 0.29) is 62.6 Å². The predicted octanol–water partition coefficient (Wildman–Crippen LogP) is 3.62. The smallest absolute Gasteiger partial charge is 0.303 e. The van der Waals surface area contributed by atoms with Gasteiger partial charge in [0.05, 0.1) is 25.4 Å². The molecule has 5 atom stereocenters. The predicted molar refractivity (Wildman–Crippen MR) is 141 cm³/mol. The molecule has 2 aliphatic heterocycles. The summed E-state index contributed by atoms with van der Waals surface area (Å²) in [6, 6.07) is 15.2. The molecule has 9 heteroatoms. The number of nitrogens with zero attached hydrogens (tertiary/aromatic N) is 1. The lowest BCUT2D eigenvalue weighted by atomic mass is 9.90. The van der Waals surface area contributed by atoms with Crippen LogP contribution in [-0.2, 0) is 25.7 Å². The Morgan fingerprint density at radius 1 is 1.00 bits per heavy atom. The summed E-state index contributed by atoms with van der Waals surface area (Å²) in [6.45, 7) is 3.87. The minimum atomic E-state index is -0.915. The topological polar surface area (TPSA) is 129 Å². The molecule has 2 fully saturated rings. The van der Waals surface area contributed by atoms with Crippen LogP contribution in [0.15, 0.2) is 48.5 Å². The molecule has 5 unspecified atom stereocenters. The number of carboxylic acids is 1. The Bertz CT molecular complexity index is 1060. The van der Waals surface area contributed by atoms with Crippen molar-refractivity contribution in [2.75, 3.05) is 25.0 Å². The summed E-state index contributed by atoms with van der Waals surface area (Å²) >= 11 is 0. The number of likely N-dealkylation sites (tertiary alicyclic amines) is 1. The lowest BCUT2D eigenvalue weighted by Gasteiger charge is -2.43. The lowest BCUT2D eigenvalue weighted by Crippen LogP contribution is -2.46. The third kappa shape index (κ3) is 7.18. The van der Waals surface area contributed by atoms with Gasteiger partial charge in [-0.1, -0.05) is 43.3 Å². The molecule has 4 rings (SSSR count). The van der Waals surface area contributed by atoms with Crippen molar-refractivity contribution in [1.82, 2.24) is 4.90 Å². The second-order valence-electron chi connectivity index (χ2n) is 10.2. The molecule has 0 saturated carbocycles. The van der Waals surface area contributed by atoms with Crippen LogP contribution < -0.4 is 5.32 Å². The molecule has 2 aromatic rings. The number of carboxylic acid groups (broad SMARTS) is 1. The summed E-state index contributed by atoms with van der Waals surface area (Å²) in [5.74, 6) is -1.09. The summed E-state index contributed by atoms with van der Waals surface area (Å²) in [7, 11) is 0. The molecule has 0 aromatic heterocycles. The van der Waals surface area contributed by atoms with E-state index in [9.17, 15) is 19.8 Å². The molecule has 0 spiro atoms. The monoisotopic (exact) mass is 526 g/mol. The minimum absolute atomic E-state index is 0.0182. The van der Waals surface area contributed by atoms with Gasteiger partial charge in [0, 0.05) is 42.6 Å². The molecule has 2 saturated heterocycles. The number of rotatable bonds is 11. The van der Waals surface area contributed by atoms with E-state index in [4.69, 9.17) is 14.6 Å². The number of nitrogens with one attached hydrogen (secondary N) is 1. The van der Waals surface area contributed by atoms with Crippen molar-refractivity contribution in [2.24, 2.45) is 5.92 Å². The largest absolute Gasteiger partial charge is 0.481 e. The molecule has 2 aliphatic rings. The number of ether oxygens (including phenoxy) is 2. The van der Waals surface area contributed by atoms with E-state index in [1.807, 2.05) is 36.4 Å². The molecule has 38 heavy (non-hydrogen) atoms. The number of anilines is 1. The average molecular weight is 527 g/mol. The van der Waals surface area contributed by atoms with Gasteiger partial charge in [0.2, 0.25) is 5.91 Å². The van der Waals surface area contributed by atoms with Crippen LogP contribution in [0, 0.1) is 5.92 Å². The molecular formula is C29H38N2O7. The summed E-state index contributed by atoms with van der Waals surface area (Å²) < 4.78 is 13.0. The zero-order chi connectivity index (χ0) is 27.1. The van der Waals surface area contributed by atoms with E-state index >= 15 is 0 Å². The number of amides is 1.